The third-order valence-electron chi connectivity index (χ3n) is 3.16. The Morgan fingerprint density at radius 3 is 2.26 bits per heavy atom. The van der Waals surface area contributed by atoms with Crippen LogP contribution in [0.4, 0.5) is 5.69 Å². The predicted octanol–water partition coefficient (Wildman–Crippen LogP) is -0.201. The Kier molecular flexibility index (Phi) is 7.44. The van der Waals surface area contributed by atoms with Gasteiger partial charge in [-0.2, -0.15) is 0 Å². The van der Waals surface area contributed by atoms with Crippen molar-refractivity contribution in [2.45, 2.75) is 24.7 Å². The number of anilines is 1. The Labute approximate surface area is 158 Å². The van der Waals surface area contributed by atoms with Crippen LogP contribution in [0.5, 0.6) is 0 Å². The maximum atomic E-state index is 12.2. The zero-order valence-corrected chi connectivity index (χ0v) is 15.9. The van der Waals surface area contributed by atoms with E-state index in [9.17, 15) is 17.8 Å². The minimum atomic E-state index is -4.64. The van der Waals surface area contributed by atoms with E-state index in [1.165, 1.54) is 18.2 Å². The molecule has 0 spiro atoms. The largest absolute Gasteiger partial charge is 1.00 e. The van der Waals surface area contributed by atoms with Crippen LogP contribution in [0, 0.1) is 0 Å². The number of aryl methyl sites for hydroxylation is 1. The summed E-state index contributed by atoms with van der Waals surface area (Å²) in [5.74, 6) is -0.459. The molecule has 23 heavy (non-hydrogen) atoms. The summed E-state index contributed by atoms with van der Waals surface area (Å²) in [5.41, 5.74) is 1.51. The standard InChI is InChI=1S/C16H17NO4S.Na/c1-2-5-12-8-10-13(11-9-12)16(18)17-14-6-3-4-7-15(14)22(19,20)21;/h3-4,6-11H,2,5H2,1H3,(H,17,18)(H,19,20,21);/q;+1/p-1. The average Bonchev–Trinajstić information content (AvgIpc) is 2.48. The second-order valence-corrected chi connectivity index (χ2v) is 6.20. The molecular weight excluding hydrogens is 325 g/mol. The number of carbonyl (C=O) groups excluding carboxylic acids is 1. The van der Waals surface area contributed by atoms with Crippen LogP contribution in [-0.2, 0) is 16.5 Å². The summed E-state index contributed by atoms with van der Waals surface area (Å²) in [6, 6.07) is 12.6. The molecule has 0 saturated heterocycles. The Morgan fingerprint density at radius 1 is 1.09 bits per heavy atom. The predicted molar refractivity (Wildman–Crippen MR) is 82.8 cm³/mol. The molecular formula is C16H16NNaO4S. The summed E-state index contributed by atoms with van der Waals surface area (Å²) in [5, 5.41) is 2.47. The van der Waals surface area contributed by atoms with E-state index < -0.39 is 20.9 Å². The smallest absolute Gasteiger partial charge is 0.744 e. The first-order valence-corrected chi connectivity index (χ1v) is 8.28. The van der Waals surface area contributed by atoms with Crippen LogP contribution in [0.3, 0.4) is 0 Å². The van der Waals surface area contributed by atoms with Gasteiger partial charge in [0.15, 0.2) is 0 Å². The van der Waals surface area contributed by atoms with Gasteiger partial charge in [0.25, 0.3) is 5.91 Å². The molecule has 1 N–H and O–H groups in total. The van der Waals surface area contributed by atoms with E-state index in [0.717, 1.165) is 18.4 Å². The third kappa shape index (κ3) is 5.44. The fraction of sp³-hybridized carbons (Fsp3) is 0.188. The molecule has 2 aromatic carbocycles. The molecule has 0 bridgehead atoms. The molecule has 116 valence electrons. The number of amides is 1. The summed E-state index contributed by atoms with van der Waals surface area (Å²) in [7, 11) is -4.64. The van der Waals surface area contributed by atoms with Crippen molar-refractivity contribution in [2.75, 3.05) is 5.32 Å². The van der Waals surface area contributed by atoms with Crippen molar-refractivity contribution < 1.29 is 47.3 Å². The monoisotopic (exact) mass is 341 g/mol. The van der Waals surface area contributed by atoms with Crippen LogP contribution in [-0.4, -0.2) is 18.9 Å². The molecule has 0 aliphatic heterocycles. The number of para-hydroxylation sites is 1. The van der Waals surface area contributed by atoms with Gasteiger partial charge in [-0.15, -0.1) is 0 Å². The number of hydrogen-bond donors (Lipinski definition) is 1. The zero-order valence-electron chi connectivity index (χ0n) is 13.1. The van der Waals surface area contributed by atoms with Gasteiger partial charge in [-0.1, -0.05) is 37.6 Å². The summed E-state index contributed by atoms with van der Waals surface area (Å²) in [6.07, 6.45) is 1.94. The molecule has 2 aromatic rings. The Bertz CT molecular complexity index is 773. The number of benzene rings is 2. The molecule has 1 amide bonds. The van der Waals surface area contributed by atoms with Crippen LogP contribution in [0.25, 0.3) is 0 Å². The van der Waals surface area contributed by atoms with Gasteiger partial charge in [-0.25, -0.2) is 8.42 Å². The molecule has 0 fully saturated rings. The summed E-state index contributed by atoms with van der Waals surface area (Å²) in [6.45, 7) is 2.07. The van der Waals surface area contributed by atoms with Crippen LogP contribution in [0.1, 0.15) is 29.3 Å². The van der Waals surface area contributed by atoms with E-state index in [2.05, 4.69) is 12.2 Å². The Balaban J connectivity index is 0.00000264. The summed E-state index contributed by atoms with van der Waals surface area (Å²) >= 11 is 0. The minimum absolute atomic E-state index is 0. The van der Waals surface area contributed by atoms with Gasteiger partial charge >= 0.3 is 29.6 Å². The van der Waals surface area contributed by atoms with Gasteiger partial charge in [0.05, 0.1) is 10.6 Å². The van der Waals surface area contributed by atoms with Crippen LogP contribution >= 0.6 is 0 Å². The molecule has 0 aliphatic rings. The second-order valence-electron chi connectivity index (χ2n) is 4.85. The molecule has 7 heteroatoms. The third-order valence-corrected chi connectivity index (χ3v) is 4.05. The zero-order chi connectivity index (χ0) is 16.2. The van der Waals surface area contributed by atoms with E-state index in [1.54, 1.807) is 18.2 Å². The topological polar surface area (TPSA) is 86.3 Å². The fourth-order valence-corrected chi connectivity index (χ4v) is 2.73. The summed E-state index contributed by atoms with van der Waals surface area (Å²) < 4.78 is 33.5. The van der Waals surface area contributed by atoms with Gasteiger partial charge in [0, 0.05) is 5.56 Å². The van der Waals surface area contributed by atoms with Crippen LogP contribution in [0.15, 0.2) is 53.4 Å². The van der Waals surface area contributed by atoms with Gasteiger partial charge in [0.1, 0.15) is 10.1 Å². The van der Waals surface area contributed by atoms with Crippen molar-refractivity contribution >= 4 is 21.7 Å². The molecule has 0 heterocycles. The van der Waals surface area contributed by atoms with Gasteiger partial charge in [-0.3, -0.25) is 4.79 Å². The first kappa shape index (κ1) is 19.9. The van der Waals surface area contributed by atoms with E-state index in [1.807, 2.05) is 12.1 Å². The van der Waals surface area contributed by atoms with E-state index >= 15 is 0 Å². The SMILES string of the molecule is CCCc1ccc(C(=O)Nc2ccccc2S(=O)(=O)[O-])cc1.[Na+]. The van der Waals surface area contributed by atoms with Crippen molar-refractivity contribution in [3.8, 4) is 0 Å². The van der Waals surface area contributed by atoms with Crippen molar-refractivity contribution in [1.29, 1.82) is 0 Å². The number of carbonyl (C=O) groups is 1. The number of hydrogen-bond acceptors (Lipinski definition) is 4. The maximum absolute atomic E-state index is 12.2. The molecule has 0 radical (unpaired) electrons. The van der Waals surface area contributed by atoms with Crippen LogP contribution in [0.2, 0.25) is 0 Å². The normalized spacial score (nSPS) is 10.7. The molecule has 2 rings (SSSR count). The molecule has 0 aromatic heterocycles. The minimum Gasteiger partial charge on any atom is -0.744 e. The number of rotatable bonds is 5. The fourth-order valence-electron chi connectivity index (χ4n) is 2.09. The molecule has 0 unspecified atom stereocenters. The Hall–Kier alpha value is -1.18. The average molecular weight is 341 g/mol. The van der Waals surface area contributed by atoms with Gasteiger partial charge in [-0.05, 0) is 36.2 Å². The maximum Gasteiger partial charge on any atom is 1.00 e. The quantitative estimate of drug-likeness (QED) is 0.603. The summed E-state index contributed by atoms with van der Waals surface area (Å²) in [4.78, 5) is 11.7. The molecule has 0 saturated carbocycles. The van der Waals surface area contributed by atoms with E-state index in [0.29, 0.717) is 5.56 Å². The van der Waals surface area contributed by atoms with Gasteiger partial charge in [0.2, 0.25) is 0 Å². The molecule has 0 aliphatic carbocycles. The van der Waals surface area contributed by atoms with Crippen molar-refractivity contribution in [3.05, 3.63) is 59.7 Å². The van der Waals surface area contributed by atoms with E-state index in [4.69, 9.17) is 0 Å². The molecule has 5 nitrogen and oxygen atoms in total. The molecule has 0 atom stereocenters. The Morgan fingerprint density at radius 2 is 1.70 bits per heavy atom. The van der Waals surface area contributed by atoms with Gasteiger partial charge < -0.3 is 9.87 Å². The second kappa shape index (κ2) is 8.61. The van der Waals surface area contributed by atoms with Crippen molar-refractivity contribution in [1.82, 2.24) is 0 Å². The van der Waals surface area contributed by atoms with Crippen LogP contribution < -0.4 is 34.9 Å². The number of nitrogens with one attached hydrogen (secondary N) is 1. The van der Waals surface area contributed by atoms with Crippen molar-refractivity contribution in [2.24, 2.45) is 0 Å². The first-order chi connectivity index (χ1) is 10.4. The first-order valence-electron chi connectivity index (χ1n) is 6.87. The van der Waals surface area contributed by atoms with E-state index in [-0.39, 0.29) is 35.2 Å². The van der Waals surface area contributed by atoms with Crippen molar-refractivity contribution in [3.63, 3.8) is 0 Å².